The number of benzene rings is 3. The molecule has 3 nitrogen and oxygen atoms in total. The van der Waals surface area contributed by atoms with E-state index in [1.807, 2.05) is 30.5 Å². The van der Waals surface area contributed by atoms with Crippen molar-refractivity contribution in [3.8, 4) is 28.1 Å². The van der Waals surface area contributed by atoms with Gasteiger partial charge in [-0.2, -0.15) is 0 Å². The molecule has 2 aromatic heterocycles. The number of aryl methyl sites for hydroxylation is 1. The predicted molar refractivity (Wildman–Crippen MR) is 118 cm³/mol. The van der Waals surface area contributed by atoms with Crippen LogP contribution < -0.4 is 0 Å². The van der Waals surface area contributed by atoms with Gasteiger partial charge in [-0.25, -0.2) is 4.98 Å². The summed E-state index contributed by atoms with van der Waals surface area (Å²) >= 11 is 0. The summed E-state index contributed by atoms with van der Waals surface area (Å²) in [4.78, 5) is 4.99. The lowest BCUT2D eigenvalue weighted by Gasteiger charge is -2.04. The van der Waals surface area contributed by atoms with Crippen LogP contribution in [0, 0.1) is 0 Å². The zero-order valence-corrected chi connectivity index (χ0v) is 16.4. The minimum Gasteiger partial charge on any atom is -0.462 e. The van der Waals surface area contributed by atoms with Crippen molar-refractivity contribution in [2.24, 2.45) is 0 Å². The van der Waals surface area contributed by atoms with Gasteiger partial charge in [-0.3, -0.25) is 4.57 Å². The molecule has 0 radical (unpaired) electrons. The van der Waals surface area contributed by atoms with Gasteiger partial charge < -0.3 is 4.42 Å². The molecule has 3 heteroatoms. The fourth-order valence-electron chi connectivity index (χ4n) is 3.81. The lowest BCUT2D eigenvalue weighted by atomic mass is 10.0. The van der Waals surface area contributed by atoms with Crippen molar-refractivity contribution in [2.75, 3.05) is 0 Å². The maximum Gasteiger partial charge on any atom is 0.136 e. The molecule has 0 atom stereocenters. The Hall–Kier alpha value is -3.59. The number of hydrogen-bond acceptors (Lipinski definition) is 2. The highest BCUT2D eigenvalue weighted by molar-refractivity contribution is 5.86. The number of rotatable bonds is 5. The molecule has 0 aliphatic carbocycles. The molecular weight excluding hydrogens is 356 g/mol. The van der Waals surface area contributed by atoms with Crippen LogP contribution >= 0.6 is 0 Å². The van der Waals surface area contributed by atoms with Crippen LogP contribution in [-0.2, 0) is 6.42 Å². The van der Waals surface area contributed by atoms with Crippen molar-refractivity contribution >= 4 is 11.0 Å². The molecule has 0 spiro atoms. The van der Waals surface area contributed by atoms with Gasteiger partial charge in [0.05, 0.1) is 11.4 Å². The van der Waals surface area contributed by atoms with Crippen LogP contribution in [0.15, 0.2) is 95.7 Å². The number of aromatic nitrogens is 2. The van der Waals surface area contributed by atoms with Gasteiger partial charge in [0.15, 0.2) is 0 Å². The molecule has 0 aliphatic heterocycles. The molecular formula is C26H22N2O. The molecule has 0 saturated heterocycles. The number of para-hydroxylation sites is 1. The second-order valence-corrected chi connectivity index (χ2v) is 7.23. The molecule has 0 unspecified atom stereocenters. The number of fused-ring (bicyclic) bond motifs is 1. The molecule has 0 amide bonds. The minimum absolute atomic E-state index is 0.895. The van der Waals surface area contributed by atoms with E-state index >= 15 is 0 Å². The summed E-state index contributed by atoms with van der Waals surface area (Å²) in [6, 6.07) is 27.2. The first-order chi connectivity index (χ1) is 14.3. The largest absolute Gasteiger partial charge is 0.462 e. The highest BCUT2D eigenvalue weighted by atomic mass is 16.3. The van der Waals surface area contributed by atoms with Gasteiger partial charge in [-0.05, 0) is 35.7 Å². The molecule has 5 aromatic rings. The zero-order valence-electron chi connectivity index (χ0n) is 16.4. The first kappa shape index (κ1) is 17.5. The number of imidazole rings is 1. The SMILES string of the molecule is CCCc1nc(-c2cccc(-c3ccccc3)c2)cn1-c1coc2ccccc12. The van der Waals surface area contributed by atoms with E-state index in [4.69, 9.17) is 9.40 Å². The molecule has 2 heterocycles. The average molecular weight is 378 g/mol. The van der Waals surface area contributed by atoms with Crippen LogP contribution in [0.3, 0.4) is 0 Å². The topological polar surface area (TPSA) is 31.0 Å². The third-order valence-electron chi connectivity index (χ3n) is 5.24. The zero-order chi connectivity index (χ0) is 19.6. The van der Waals surface area contributed by atoms with E-state index in [2.05, 4.69) is 72.3 Å². The number of furan rings is 1. The van der Waals surface area contributed by atoms with Crippen LogP contribution in [0.1, 0.15) is 19.2 Å². The van der Waals surface area contributed by atoms with E-state index in [1.54, 1.807) is 0 Å². The van der Waals surface area contributed by atoms with Crippen LogP contribution in [-0.4, -0.2) is 9.55 Å². The monoisotopic (exact) mass is 378 g/mol. The average Bonchev–Trinajstić information content (AvgIpc) is 3.39. The Bertz CT molecular complexity index is 1260. The van der Waals surface area contributed by atoms with Crippen molar-refractivity contribution in [1.82, 2.24) is 9.55 Å². The van der Waals surface area contributed by atoms with Crippen LogP contribution in [0.5, 0.6) is 0 Å². The normalized spacial score (nSPS) is 11.2. The van der Waals surface area contributed by atoms with Gasteiger partial charge in [-0.15, -0.1) is 0 Å². The summed E-state index contributed by atoms with van der Waals surface area (Å²) in [5.41, 5.74) is 6.45. The van der Waals surface area contributed by atoms with Gasteiger partial charge in [0.2, 0.25) is 0 Å². The van der Waals surface area contributed by atoms with Crippen LogP contribution in [0.4, 0.5) is 0 Å². The van der Waals surface area contributed by atoms with Crippen molar-refractivity contribution in [3.05, 3.63) is 97.1 Å². The Morgan fingerprint density at radius 1 is 0.828 bits per heavy atom. The summed E-state index contributed by atoms with van der Waals surface area (Å²) in [6.45, 7) is 2.18. The molecule has 29 heavy (non-hydrogen) atoms. The third kappa shape index (κ3) is 3.25. The van der Waals surface area contributed by atoms with Crippen molar-refractivity contribution in [2.45, 2.75) is 19.8 Å². The van der Waals surface area contributed by atoms with Gasteiger partial charge >= 0.3 is 0 Å². The maximum absolute atomic E-state index is 5.78. The molecule has 0 N–H and O–H groups in total. The second-order valence-electron chi connectivity index (χ2n) is 7.23. The lowest BCUT2D eigenvalue weighted by Crippen LogP contribution is -1.99. The molecule has 0 saturated carbocycles. The summed E-state index contributed by atoms with van der Waals surface area (Å²) in [6.07, 6.45) is 5.91. The van der Waals surface area contributed by atoms with Gasteiger partial charge in [0.1, 0.15) is 17.7 Å². The quantitative estimate of drug-likeness (QED) is 0.333. The third-order valence-corrected chi connectivity index (χ3v) is 5.24. The van der Waals surface area contributed by atoms with Crippen molar-refractivity contribution in [1.29, 1.82) is 0 Å². The first-order valence-electron chi connectivity index (χ1n) is 10.0. The Labute approximate surface area is 170 Å². The molecule has 0 bridgehead atoms. The van der Waals surface area contributed by atoms with E-state index in [-0.39, 0.29) is 0 Å². The van der Waals surface area contributed by atoms with E-state index in [9.17, 15) is 0 Å². The van der Waals surface area contributed by atoms with E-state index in [0.29, 0.717) is 0 Å². The maximum atomic E-state index is 5.78. The molecule has 0 fully saturated rings. The highest BCUT2D eigenvalue weighted by Crippen LogP contribution is 2.30. The van der Waals surface area contributed by atoms with E-state index < -0.39 is 0 Å². The Morgan fingerprint density at radius 2 is 1.59 bits per heavy atom. The number of nitrogens with zero attached hydrogens (tertiary/aromatic N) is 2. The molecule has 142 valence electrons. The second kappa shape index (κ2) is 7.44. The molecule has 3 aromatic carbocycles. The van der Waals surface area contributed by atoms with Crippen LogP contribution in [0.2, 0.25) is 0 Å². The fourth-order valence-corrected chi connectivity index (χ4v) is 3.81. The fraction of sp³-hybridized carbons (Fsp3) is 0.115. The summed E-state index contributed by atoms with van der Waals surface area (Å²) in [5, 5.41) is 1.10. The highest BCUT2D eigenvalue weighted by Gasteiger charge is 2.15. The van der Waals surface area contributed by atoms with E-state index in [1.165, 1.54) is 11.1 Å². The first-order valence-corrected chi connectivity index (χ1v) is 10.0. The Balaban J connectivity index is 1.62. The predicted octanol–water partition coefficient (Wildman–Crippen LogP) is 6.91. The van der Waals surface area contributed by atoms with Gasteiger partial charge in [0, 0.05) is 23.6 Å². The standard InChI is InChI=1S/C26H22N2O/c1-2-9-26-27-23(17-28(26)24-18-29-25-15-7-6-14-22(24)25)21-13-8-12-20(16-21)19-10-4-3-5-11-19/h3-8,10-18H,2,9H2,1H3. The number of hydrogen-bond donors (Lipinski definition) is 0. The smallest absolute Gasteiger partial charge is 0.136 e. The molecule has 0 aliphatic rings. The van der Waals surface area contributed by atoms with Gasteiger partial charge in [-0.1, -0.05) is 67.6 Å². The van der Waals surface area contributed by atoms with Gasteiger partial charge in [0.25, 0.3) is 0 Å². The minimum atomic E-state index is 0.895. The lowest BCUT2D eigenvalue weighted by molar-refractivity contribution is 0.612. The summed E-state index contributed by atoms with van der Waals surface area (Å²) < 4.78 is 7.96. The Morgan fingerprint density at radius 3 is 2.45 bits per heavy atom. The van der Waals surface area contributed by atoms with Crippen molar-refractivity contribution < 1.29 is 4.42 Å². The summed E-state index contributed by atoms with van der Waals surface area (Å²) in [7, 11) is 0. The van der Waals surface area contributed by atoms with E-state index in [0.717, 1.165) is 46.6 Å². The Kier molecular flexibility index (Phi) is 4.49. The molecule has 5 rings (SSSR count). The van der Waals surface area contributed by atoms with Crippen molar-refractivity contribution in [3.63, 3.8) is 0 Å². The summed E-state index contributed by atoms with van der Waals surface area (Å²) in [5.74, 6) is 1.05. The van der Waals surface area contributed by atoms with Crippen LogP contribution in [0.25, 0.3) is 39.0 Å².